The summed E-state index contributed by atoms with van der Waals surface area (Å²) >= 11 is 0. The second-order valence-electron chi connectivity index (χ2n) is 7.11. The predicted molar refractivity (Wildman–Crippen MR) is 102 cm³/mol. The van der Waals surface area contributed by atoms with Gasteiger partial charge in [0.25, 0.3) is 5.91 Å². The Balaban J connectivity index is 2.11. The van der Waals surface area contributed by atoms with Crippen LogP contribution >= 0.6 is 0 Å². The number of nitrogens with one attached hydrogen (secondary N) is 1. The van der Waals surface area contributed by atoms with Crippen molar-refractivity contribution in [1.82, 2.24) is 0 Å². The lowest BCUT2D eigenvalue weighted by Gasteiger charge is -2.31. The van der Waals surface area contributed by atoms with Gasteiger partial charge >= 0.3 is 0 Å². The van der Waals surface area contributed by atoms with Gasteiger partial charge in [0.1, 0.15) is 11.4 Å². The van der Waals surface area contributed by atoms with E-state index < -0.39 is 5.60 Å². The van der Waals surface area contributed by atoms with E-state index in [1.807, 2.05) is 32.0 Å². The van der Waals surface area contributed by atoms with Crippen molar-refractivity contribution in [2.75, 3.05) is 11.9 Å². The first-order chi connectivity index (χ1) is 12.0. The monoisotopic (exact) mass is 347 g/mol. The standard InChI is InChI=1S/C21H33NO3/c1-5-17(4)25-19-12-11-18(15-16(19)3)22-20(23)21(24-6-2)13-9-7-8-10-14-21/h11-12,15,17H,5-10,13-14H2,1-4H3,(H,22,23)/t17-/m1/s1. The topological polar surface area (TPSA) is 47.6 Å². The summed E-state index contributed by atoms with van der Waals surface area (Å²) < 4.78 is 11.9. The fourth-order valence-corrected chi connectivity index (χ4v) is 3.42. The van der Waals surface area contributed by atoms with Crippen LogP contribution in [0.25, 0.3) is 0 Å². The van der Waals surface area contributed by atoms with Crippen LogP contribution in [-0.4, -0.2) is 24.2 Å². The highest BCUT2D eigenvalue weighted by atomic mass is 16.5. The number of carbonyl (C=O) groups is 1. The highest BCUT2D eigenvalue weighted by molar-refractivity contribution is 5.97. The molecule has 4 nitrogen and oxygen atoms in total. The van der Waals surface area contributed by atoms with Crippen molar-refractivity contribution >= 4 is 11.6 Å². The van der Waals surface area contributed by atoms with Gasteiger partial charge in [0, 0.05) is 12.3 Å². The SMILES string of the molecule is CCOC1(C(=O)Nc2ccc(O[C@H](C)CC)c(C)c2)CCCCCC1. The Kier molecular flexibility index (Phi) is 7.30. The molecular formula is C21H33NO3. The van der Waals surface area contributed by atoms with Gasteiger partial charge < -0.3 is 14.8 Å². The normalized spacial score (nSPS) is 18.2. The molecule has 0 saturated heterocycles. The minimum atomic E-state index is -0.676. The maximum absolute atomic E-state index is 13.0. The van der Waals surface area contributed by atoms with Crippen molar-refractivity contribution < 1.29 is 14.3 Å². The molecule has 0 radical (unpaired) electrons. The first-order valence-electron chi connectivity index (χ1n) is 9.73. The highest BCUT2D eigenvalue weighted by Gasteiger charge is 2.39. The first kappa shape index (κ1) is 19.8. The molecule has 0 aliphatic heterocycles. The Labute approximate surface area is 152 Å². The minimum Gasteiger partial charge on any atom is -0.490 e. The summed E-state index contributed by atoms with van der Waals surface area (Å²) in [5.74, 6) is 0.868. The Morgan fingerprint density at radius 1 is 1.20 bits per heavy atom. The molecule has 0 spiro atoms. The van der Waals surface area contributed by atoms with E-state index in [0.29, 0.717) is 6.61 Å². The largest absolute Gasteiger partial charge is 0.490 e. The summed E-state index contributed by atoms with van der Waals surface area (Å²) in [5, 5.41) is 3.08. The molecule has 1 aromatic rings. The van der Waals surface area contributed by atoms with E-state index in [2.05, 4.69) is 19.2 Å². The van der Waals surface area contributed by atoms with Crippen LogP contribution in [0.3, 0.4) is 0 Å². The molecule has 1 N–H and O–H groups in total. The van der Waals surface area contributed by atoms with Gasteiger partial charge in [-0.05, 0) is 63.8 Å². The number of amides is 1. The number of hydrogen-bond donors (Lipinski definition) is 1. The highest BCUT2D eigenvalue weighted by Crippen LogP contribution is 2.32. The van der Waals surface area contributed by atoms with E-state index in [1.165, 1.54) is 12.8 Å². The number of rotatable bonds is 7. The average Bonchev–Trinajstić information content (AvgIpc) is 2.84. The number of anilines is 1. The number of hydrogen-bond acceptors (Lipinski definition) is 3. The molecule has 0 bridgehead atoms. The van der Waals surface area contributed by atoms with Crippen LogP contribution in [0.5, 0.6) is 5.75 Å². The fourth-order valence-electron chi connectivity index (χ4n) is 3.42. The Bertz CT molecular complexity index is 562. The summed E-state index contributed by atoms with van der Waals surface area (Å²) in [5.41, 5.74) is 1.16. The minimum absolute atomic E-state index is 0.00811. The zero-order valence-corrected chi connectivity index (χ0v) is 16.2. The van der Waals surface area contributed by atoms with Crippen LogP contribution in [0.2, 0.25) is 0 Å². The van der Waals surface area contributed by atoms with Gasteiger partial charge in [0.15, 0.2) is 0 Å². The number of ether oxygens (including phenoxy) is 2. The molecule has 1 aliphatic rings. The van der Waals surface area contributed by atoms with Crippen molar-refractivity contribution in [2.24, 2.45) is 0 Å². The summed E-state index contributed by atoms with van der Waals surface area (Å²) in [6, 6.07) is 5.84. The van der Waals surface area contributed by atoms with E-state index in [0.717, 1.165) is 49.1 Å². The van der Waals surface area contributed by atoms with E-state index >= 15 is 0 Å². The van der Waals surface area contributed by atoms with Crippen molar-refractivity contribution in [3.63, 3.8) is 0 Å². The van der Waals surface area contributed by atoms with Crippen LogP contribution in [0.4, 0.5) is 5.69 Å². The molecule has 1 atom stereocenters. The van der Waals surface area contributed by atoms with E-state index in [-0.39, 0.29) is 12.0 Å². The quantitative estimate of drug-likeness (QED) is 0.686. The van der Waals surface area contributed by atoms with Gasteiger partial charge in [0.2, 0.25) is 0 Å². The molecule has 25 heavy (non-hydrogen) atoms. The first-order valence-corrected chi connectivity index (χ1v) is 9.73. The summed E-state index contributed by atoms with van der Waals surface area (Å²) in [7, 11) is 0. The van der Waals surface area contributed by atoms with E-state index in [9.17, 15) is 4.79 Å². The molecule has 0 unspecified atom stereocenters. The molecule has 1 saturated carbocycles. The Morgan fingerprint density at radius 3 is 2.44 bits per heavy atom. The summed E-state index contributed by atoms with van der Waals surface area (Å²) in [6.45, 7) is 8.71. The molecule has 4 heteroatoms. The molecule has 140 valence electrons. The molecule has 0 aromatic heterocycles. The fraction of sp³-hybridized carbons (Fsp3) is 0.667. The zero-order valence-electron chi connectivity index (χ0n) is 16.2. The van der Waals surface area contributed by atoms with Gasteiger partial charge in [-0.2, -0.15) is 0 Å². The smallest absolute Gasteiger partial charge is 0.256 e. The molecular weight excluding hydrogens is 314 g/mol. The van der Waals surface area contributed by atoms with Crippen molar-refractivity contribution in [3.05, 3.63) is 23.8 Å². The van der Waals surface area contributed by atoms with Crippen LogP contribution in [0, 0.1) is 6.92 Å². The van der Waals surface area contributed by atoms with Gasteiger partial charge in [0.05, 0.1) is 6.10 Å². The lowest BCUT2D eigenvalue weighted by molar-refractivity contribution is -0.143. The second-order valence-corrected chi connectivity index (χ2v) is 7.11. The number of aryl methyl sites for hydroxylation is 1. The van der Waals surface area contributed by atoms with Gasteiger partial charge in [-0.25, -0.2) is 0 Å². The third-order valence-corrected chi connectivity index (χ3v) is 5.08. The third-order valence-electron chi connectivity index (χ3n) is 5.08. The predicted octanol–water partition coefficient (Wildman–Crippen LogP) is 5.24. The molecule has 1 amide bonds. The molecule has 1 aliphatic carbocycles. The third kappa shape index (κ3) is 5.21. The van der Waals surface area contributed by atoms with Crippen molar-refractivity contribution in [2.45, 2.75) is 84.3 Å². The Hall–Kier alpha value is -1.55. The average molecular weight is 347 g/mol. The number of benzene rings is 1. The van der Waals surface area contributed by atoms with Crippen LogP contribution in [0.1, 0.15) is 71.3 Å². The van der Waals surface area contributed by atoms with Crippen LogP contribution < -0.4 is 10.1 Å². The van der Waals surface area contributed by atoms with Gasteiger partial charge in [-0.15, -0.1) is 0 Å². The van der Waals surface area contributed by atoms with E-state index in [1.54, 1.807) is 0 Å². The van der Waals surface area contributed by atoms with Crippen molar-refractivity contribution in [1.29, 1.82) is 0 Å². The van der Waals surface area contributed by atoms with Crippen LogP contribution in [0.15, 0.2) is 18.2 Å². The summed E-state index contributed by atoms with van der Waals surface area (Å²) in [4.78, 5) is 13.0. The van der Waals surface area contributed by atoms with Gasteiger partial charge in [-0.1, -0.05) is 32.6 Å². The van der Waals surface area contributed by atoms with Gasteiger partial charge in [-0.3, -0.25) is 4.79 Å². The van der Waals surface area contributed by atoms with Crippen LogP contribution in [-0.2, 0) is 9.53 Å². The maximum Gasteiger partial charge on any atom is 0.256 e. The molecule has 0 heterocycles. The lowest BCUT2D eigenvalue weighted by atomic mass is 9.92. The summed E-state index contributed by atoms with van der Waals surface area (Å²) in [6.07, 6.45) is 7.23. The van der Waals surface area contributed by atoms with Crippen molar-refractivity contribution in [3.8, 4) is 5.75 Å². The lowest BCUT2D eigenvalue weighted by Crippen LogP contribution is -2.45. The second kappa shape index (κ2) is 9.23. The molecule has 1 aromatic carbocycles. The number of carbonyl (C=O) groups excluding carboxylic acids is 1. The molecule has 1 fully saturated rings. The zero-order chi connectivity index (χ0) is 18.3. The Morgan fingerprint density at radius 2 is 1.88 bits per heavy atom. The molecule has 2 rings (SSSR count). The maximum atomic E-state index is 13.0. The van der Waals surface area contributed by atoms with E-state index in [4.69, 9.17) is 9.47 Å².